The second kappa shape index (κ2) is 9.28. The summed E-state index contributed by atoms with van der Waals surface area (Å²) in [5.41, 5.74) is 1.72. The van der Waals surface area contributed by atoms with Gasteiger partial charge in [0.2, 0.25) is 0 Å². The van der Waals surface area contributed by atoms with Gasteiger partial charge in [0, 0.05) is 11.1 Å². The zero-order chi connectivity index (χ0) is 19.9. The van der Waals surface area contributed by atoms with Crippen LogP contribution in [0.25, 0.3) is 6.08 Å². The van der Waals surface area contributed by atoms with Gasteiger partial charge >= 0.3 is 5.97 Å². The highest BCUT2D eigenvalue weighted by Gasteiger charge is 2.21. The summed E-state index contributed by atoms with van der Waals surface area (Å²) in [7, 11) is 0. The normalized spacial score (nSPS) is 15.3. The number of esters is 1. The van der Waals surface area contributed by atoms with E-state index in [-0.39, 0.29) is 19.3 Å². The first-order chi connectivity index (χ1) is 13.5. The summed E-state index contributed by atoms with van der Waals surface area (Å²) >= 11 is 6.04. The Hall–Kier alpha value is -2.99. The monoisotopic (exact) mass is 401 g/mol. The van der Waals surface area contributed by atoms with Crippen LogP contribution >= 0.6 is 11.6 Å². The van der Waals surface area contributed by atoms with Crippen LogP contribution in [0.3, 0.4) is 0 Å². The molecular formula is C21H20ClNO5. The molecule has 2 aromatic rings. The molecule has 0 radical (unpaired) electrons. The molecule has 1 aliphatic heterocycles. The van der Waals surface area contributed by atoms with Gasteiger partial charge in [0.05, 0.1) is 6.54 Å². The molecule has 0 bridgehead atoms. The van der Waals surface area contributed by atoms with E-state index in [1.165, 1.54) is 6.08 Å². The average molecular weight is 402 g/mol. The summed E-state index contributed by atoms with van der Waals surface area (Å²) in [5, 5.41) is 3.28. The molecule has 7 heteroatoms. The van der Waals surface area contributed by atoms with Gasteiger partial charge in [0.1, 0.15) is 12.7 Å². The van der Waals surface area contributed by atoms with Crippen molar-refractivity contribution in [3.05, 3.63) is 64.7 Å². The third-order valence-corrected chi connectivity index (χ3v) is 4.45. The van der Waals surface area contributed by atoms with Crippen LogP contribution in [0.1, 0.15) is 11.1 Å². The SMILES string of the molecule is Cc1ccc(/C=C/C(=O)OCC(=O)NC[C@@H]2COc3ccccc3O2)cc1Cl. The van der Waals surface area contributed by atoms with Gasteiger partial charge in [-0.05, 0) is 42.3 Å². The van der Waals surface area contributed by atoms with Crippen LogP contribution in [0.2, 0.25) is 5.02 Å². The minimum absolute atomic E-state index is 0.252. The number of amides is 1. The number of para-hydroxylation sites is 2. The van der Waals surface area contributed by atoms with Gasteiger partial charge in [-0.3, -0.25) is 4.79 Å². The van der Waals surface area contributed by atoms with Crippen molar-refractivity contribution in [2.45, 2.75) is 13.0 Å². The van der Waals surface area contributed by atoms with Crippen molar-refractivity contribution in [2.75, 3.05) is 19.8 Å². The van der Waals surface area contributed by atoms with Crippen LogP contribution in [0.4, 0.5) is 0 Å². The van der Waals surface area contributed by atoms with Crippen molar-refractivity contribution in [3.63, 3.8) is 0 Å². The fraction of sp³-hybridized carbons (Fsp3) is 0.238. The molecule has 1 aliphatic rings. The average Bonchev–Trinajstić information content (AvgIpc) is 2.71. The van der Waals surface area contributed by atoms with Crippen LogP contribution in [-0.2, 0) is 14.3 Å². The number of halogens is 1. The molecule has 3 rings (SSSR count). The zero-order valence-electron chi connectivity index (χ0n) is 15.3. The Labute approximate surface area is 168 Å². The Morgan fingerprint density at radius 1 is 1.25 bits per heavy atom. The fourth-order valence-electron chi connectivity index (χ4n) is 2.50. The molecule has 1 atom stereocenters. The lowest BCUT2D eigenvalue weighted by Gasteiger charge is -2.26. The maximum atomic E-state index is 11.9. The smallest absolute Gasteiger partial charge is 0.331 e. The lowest BCUT2D eigenvalue weighted by Crippen LogP contribution is -2.42. The first-order valence-electron chi connectivity index (χ1n) is 8.77. The predicted octanol–water partition coefficient (Wildman–Crippen LogP) is 3.16. The first kappa shape index (κ1) is 19.8. The Morgan fingerprint density at radius 2 is 2.04 bits per heavy atom. The standard InChI is InChI=1S/C21H20ClNO5/c1-14-6-7-15(10-17(14)22)8-9-21(25)27-13-20(24)23-11-16-12-26-18-4-2-3-5-19(18)28-16/h2-10,16H,11-13H2,1H3,(H,23,24)/b9-8+/t16-/m1/s1. The van der Waals surface area contributed by atoms with E-state index in [9.17, 15) is 9.59 Å². The van der Waals surface area contributed by atoms with Crippen molar-refractivity contribution in [3.8, 4) is 11.5 Å². The van der Waals surface area contributed by atoms with Gasteiger partial charge < -0.3 is 19.5 Å². The number of hydrogen-bond acceptors (Lipinski definition) is 5. The highest BCUT2D eigenvalue weighted by molar-refractivity contribution is 6.31. The summed E-state index contributed by atoms with van der Waals surface area (Å²) in [6.07, 6.45) is 2.53. The molecule has 6 nitrogen and oxygen atoms in total. The van der Waals surface area contributed by atoms with E-state index in [2.05, 4.69) is 5.32 Å². The number of hydrogen-bond donors (Lipinski definition) is 1. The molecule has 1 N–H and O–H groups in total. The Balaban J connectivity index is 1.39. The number of ether oxygens (including phenoxy) is 3. The van der Waals surface area contributed by atoms with E-state index in [4.69, 9.17) is 25.8 Å². The van der Waals surface area contributed by atoms with Crippen molar-refractivity contribution < 1.29 is 23.8 Å². The Bertz CT molecular complexity index is 896. The van der Waals surface area contributed by atoms with Crippen molar-refractivity contribution in [1.82, 2.24) is 5.32 Å². The number of rotatable bonds is 6. The van der Waals surface area contributed by atoms with Crippen LogP contribution in [0.15, 0.2) is 48.5 Å². The zero-order valence-corrected chi connectivity index (χ0v) is 16.1. The molecule has 1 heterocycles. The van der Waals surface area contributed by atoms with Gasteiger partial charge in [-0.25, -0.2) is 4.79 Å². The molecule has 0 aromatic heterocycles. The molecule has 0 saturated heterocycles. The lowest BCUT2D eigenvalue weighted by atomic mass is 10.1. The summed E-state index contributed by atoms with van der Waals surface area (Å²) in [6, 6.07) is 12.8. The van der Waals surface area contributed by atoms with Gasteiger partial charge in [0.15, 0.2) is 18.1 Å². The summed E-state index contributed by atoms with van der Waals surface area (Å²) in [4.78, 5) is 23.6. The van der Waals surface area contributed by atoms with E-state index in [0.717, 1.165) is 11.1 Å². The van der Waals surface area contributed by atoms with Crippen molar-refractivity contribution >= 4 is 29.6 Å². The molecule has 0 aliphatic carbocycles. The van der Waals surface area contributed by atoms with E-state index >= 15 is 0 Å². The quantitative estimate of drug-likeness (QED) is 0.594. The number of aryl methyl sites for hydroxylation is 1. The topological polar surface area (TPSA) is 73.9 Å². The minimum atomic E-state index is -0.613. The number of nitrogens with one attached hydrogen (secondary N) is 1. The highest BCUT2D eigenvalue weighted by Crippen LogP contribution is 2.30. The fourth-order valence-corrected chi connectivity index (χ4v) is 2.69. The van der Waals surface area contributed by atoms with Gasteiger partial charge in [-0.2, -0.15) is 0 Å². The molecule has 28 heavy (non-hydrogen) atoms. The predicted molar refractivity (Wildman–Crippen MR) is 106 cm³/mol. The van der Waals surface area contributed by atoms with Crippen LogP contribution in [0.5, 0.6) is 11.5 Å². The highest BCUT2D eigenvalue weighted by atomic mass is 35.5. The molecule has 0 fully saturated rings. The van der Waals surface area contributed by atoms with Gasteiger partial charge in [0.25, 0.3) is 5.91 Å². The molecule has 1 amide bonds. The van der Waals surface area contributed by atoms with Crippen LogP contribution < -0.4 is 14.8 Å². The molecule has 146 valence electrons. The third-order valence-electron chi connectivity index (χ3n) is 4.05. The largest absolute Gasteiger partial charge is 0.486 e. The molecule has 0 saturated carbocycles. The van der Waals surface area contributed by atoms with E-state index in [1.807, 2.05) is 37.3 Å². The second-order valence-corrected chi connectivity index (χ2v) is 6.66. The van der Waals surface area contributed by atoms with Crippen molar-refractivity contribution in [2.24, 2.45) is 0 Å². The van der Waals surface area contributed by atoms with E-state index in [1.54, 1.807) is 18.2 Å². The summed E-state index contributed by atoms with van der Waals surface area (Å²) in [6.45, 7) is 2.11. The molecular weight excluding hydrogens is 382 g/mol. The third kappa shape index (κ3) is 5.50. The van der Waals surface area contributed by atoms with Crippen LogP contribution in [-0.4, -0.2) is 37.7 Å². The molecule has 0 spiro atoms. The summed E-state index contributed by atoms with van der Waals surface area (Å²) in [5.74, 6) is 0.294. The van der Waals surface area contributed by atoms with Gasteiger partial charge in [-0.1, -0.05) is 35.9 Å². The number of carbonyl (C=O) groups is 2. The Kier molecular flexibility index (Phi) is 6.55. The first-order valence-corrected chi connectivity index (χ1v) is 9.15. The van der Waals surface area contributed by atoms with E-state index in [0.29, 0.717) is 23.1 Å². The minimum Gasteiger partial charge on any atom is -0.486 e. The summed E-state index contributed by atoms with van der Waals surface area (Å²) < 4.78 is 16.3. The maximum absolute atomic E-state index is 11.9. The number of fused-ring (bicyclic) bond motifs is 1. The second-order valence-electron chi connectivity index (χ2n) is 6.25. The van der Waals surface area contributed by atoms with E-state index < -0.39 is 11.9 Å². The maximum Gasteiger partial charge on any atom is 0.331 e. The number of benzene rings is 2. The number of carbonyl (C=O) groups excluding carboxylic acids is 2. The molecule has 0 unspecified atom stereocenters. The lowest BCUT2D eigenvalue weighted by molar-refractivity contribution is -0.143. The van der Waals surface area contributed by atoms with Crippen molar-refractivity contribution in [1.29, 1.82) is 0 Å². The molecule has 2 aromatic carbocycles. The Morgan fingerprint density at radius 3 is 2.82 bits per heavy atom. The van der Waals surface area contributed by atoms with Gasteiger partial charge in [-0.15, -0.1) is 0 Å². The van der Waals surface area contributed by atoms with Crippen LogP contribution in [0, 0.1) is 6.92 Å².